The van der Waals surface area contributed by atoms with Gasteiger partial charge in [-0.1, -0.05) is 0 Å². The van der Waals surface area contributed by atoms with E-state index in [0.717, 1.165) is 31.8 Å². The lowest BCUT2D eigenvalue weighted by molar-refractivity contribution is -0.0369. The van der Waals surface area contributed by atoms with Crippen molar-refractivity contribution in [1.29, 1.82) is 0 Å². The number of hydrogen-bond donors (Lipinski definition) is 1. The molecule has 0 radical (unpaired) electrons. The van der Waals surface area contributed by atoms with Crippen LogP contribution < -0.4 is 5.73 Å². The van der Waals surface area contributed by atoms with E-state index in [0.29, 0.717) is 6.54 Å². The lowest BCUT2D eigenvalue weighted by atomic mass is 10.1. The molecule has 0 aromatic carbocycles. The van der Waals surface area contributed by atoms with Crippen molar-refractivity contribution in [3.63, 3.8) is 0 Å². The molecule has 92 valence electrons. The minimum absolute atomic E-state index is 0.267. The summed E-state index contributed by atoms with van der Waals surface area (Å²) in [5.41, 5.74) is 5.69. The Bertz CT molecular complexity index is 244. The molecule has 4 nitrogen and oxygen atoms in total. The van der Waals surface area contributed by atoms with Crippen LogP contribution >= 0.6 is 0 Å². The molecule has 0 aromatic heterocycles. The first-order valence-corrected chi connectivity index (χ1v) is 6.66. The van der Waals surface area contributed by atoms with E-state index in [2.05, 4.69) is 9.80 Å². The molecule has 0 aromatic rings. The van der Waals surface area contributed by atoms with Crippen LogP contribution in [0.3, 0.4) is 0 Å². The van der Waals surface area contributed by atoms with Gasteiger partial charge >= 0.3 is 0 Å². The van der Waals surface area contributed by atoms with Gasteiger partial charge in [-0.2, -0.15) is 0 Å². The van der Waals surface area contributed by atoms with Crippen LogP contribution in [0.25, 0.3) is 0 Å². The van der Waals surface area contributed by atoms with Crippen molar-refractivity contribution < 1.29 is 4.74 Å². The number of morpholine rings is 1. The van der Waals surface area contributed by atoms with Crippen LogP contribution in [0, 0.1) is 0 Å². The molecule has 2 unspecified atom stereocenters. The van der Waals surface area contributed by atoms with Gasteiger partial charge < -0.3 is 10.5 Å². The SMILES string of the molecule is NCC1CN(C2CCN(C3CC3)C2)CCO1. The highest BCUT2D eigenvalue weighted by atomic mass is 16.5. The van der Waals surface area contributed by atoms with Crippen molar-refractivity contribution >= 4 is 0 Å². The van der Waals surface area contributed by atoms with Gasteiger partial charge in [-0.05, 0) is 19.3 Å². The zero-order valence-electron chi connectivity index (χ0n) is 9.98. The quantitative estimate of drug-likeness (QED) is 0.727. The summed E-state index contributed by atoms with van der Waals surface area (Å²) in [6.45, 7) is 6.25. The molecule has 3 fully saturated rings. The Labute approximate surface area is 97.7 Å². The number of ether oxygens (including phenoxy) is 1. The van der Waals surface area contributed by atoms with E-state index >= 15 is 0 Å². The molecule has 0 bridgehead atoms. The molecule has 0 spiro atoms. The van der Waals surface area contributed by atoms with Crippen LogP contribution in [0.5, 0.6) is 0 Å². The molecule has 2 N–H and O–H groups in total. The highest BCUT2D eigenvalue weighted by molar-refractivity contribution is 4.93. The molecule has 0 amide bonds. The number of nitrogens with two attached hydrogens (primary N) is 1. The van der Waals surface area contributed by atoms with Gasteiger partial charge in [0.2, 0.25) is 0 Å². The Morgan fingerprint density at radius 3 is 2.56 bits per heavy atom. The van der Waals surface area contributed by atoms with E-state index in [9.17, 15) is 0 Å². The number of hydrogen-bond acceptors (Lipinski definition) is 4. The summed E-state index contributed by atoms with van der Waals surface area (Å²) < 4.78 is 5.62. The van der Waals surface area contributed by atoms with E-state index in [1.165, 1.54) is 32.4 Å². The average molecular weight is 225 g/mol. The minimum Gasteiger partial charge on any atom is -0.374 e. The van der Waals surface area contributed by atoms with E-state index in [1.54, 1.807) is 0 Å². The van der Waals surface area contributed by atoms with Crippen molar-refractivity contribution in [2.75, 3.05) is 39.3 Å². The van der Waals surface area contributed by atoms with Gasteiger partial charge in [-0.15, -0.1) is 0 Å². The van der Waals surface area contributed by atoms with Crippen LogP contribution in [0.1, 0.15) is 19.3 Å². The Balaban J connectivity index is 1.52. The molecule has 1 saturated carbocycles. The van der Waals surface area contributed by atoms with Crippen LogP contribution in [-0.2, 0) is 4.74 Å². The molecule has 3 rings (SSSR count). The van der Waals surface area contributed by atoms with E-state index in [1.807, 2.05) is 0 Å². The zero-order chi connectivity index (χ0) is 11.0. The highest BCUT2D eigenvalue weighted by Gasteiger charge is 2.37. The van der Waals surface area contributed by atoms with Crippen molar-refractivity contribution in [3.05, 3.63) is 0 Å². The van der Waals surface area contributed by atoms with Crippen molar-refractivity contribution in [1.82, 2.24) is 9.80 Å². The molecule has 1 aliphatic carbocycles. The second kappa shape index (κ2) is 4.61. The lowest BCUT2D eigenvalue weighted by Crippen LogP contribution is -2.50. The normalized spacial score (nSPS) is 38.1. The Morgan fingerprint density at radius 1 is 1.00 bits per heavy atom. The van der Waals surface area contributed by atoms with Gasteiger partial charge in [0.05, 0.1) is 12.7 Å². The van der Waals surface area contributed by atoms with Crippen LogP contribution in [0.4, 0.5) is 0 Å². The van der Waals surface area contributed by atoms with Crippen LogP contribution in [0.15, 0.2) is 0 Å². The summed E-state index contributed by atoms with van der Waals surface area (Å²) in [4.78, 5) is 5.28. The topological polar surface area (TPSA) is 41.7 Å². The summed E-state index contributed by atoms with van der Waals surface area (Å²) >= 11 is 0. The molecule has 4 heteroatoms. The first-order valence-electron chi connectivity index (χ1n) is 6.66. The first kappa shape index (κ1) is 11.0. The van der Waals surface area contributed by atoms with Crippen molar-refractivity contribution in [2.45, 2.75) is 37.5 Å². The molecule has 2 saturated heterocycles. The van der Waals surface area contributed by atoms with E-state index in [-0.39, 0.29) is 6.10 Å². The zero-order valence-corrected chi connectivity index (χ0v) is 9.98. The largest absolute Gasteiger partial charge is 0.374 e. The maximum atomic E-state index is 5.69. The average Bonchev–Trinajstić information content (AvgIpc) is 3.07. The van der Waals surface area contributed by atoms with Crippen LogP contribution in [0.2, 0.25) is 0 Å². The molecule has 2 atom stereocenters. The third kappa shape index (κ3) is 2.25. The van der Waals surface area contributed by atoms with Crippen molar-refractivity contribution in [2.24, 2.45) is 5.73 Å². The van der Waals surface area contributed by atoms with Gasteiger partial charge in [-0.25, -0.2) is 0 Å². The van der Waals surface area contributed by atoms with Gasteiger partial charge in [-0.3, -0.25) is 9.80 Å². The van der Waals surface area contributed by atoms with Crippen molar-refractivity contribution in [3.8, 4) is 0 Å². The summed E-state index contributed by atoms with van der Waals surface area (Å²) in [5, 5.41) is 0. The predicted octanol–water partition coefficient (Wildman–Crippen LogP) is -0.117. The second-order valence-electron chi connectivity index (χ2n) is 5.39. The molecule has 2 aliphatic heterocycles. The Kier molecular flexibility index (Phi) is 3.16. The predicted molar refractivity (Wildman–Crippen MR) is 63.4 cm³/mol. The van der Waals surface area contributed by atoms with E-state index in [4.69, 9.17) is 10.5 Å². The van der Waals surface area contributed by atoms with Gasteiger partial charge in [0.25, 0.3) is 0 Å². The first-order chi connectivity index (χ1) is 7.86. The lowest BCUT2D eigenvalue weighted by Gasteiger charge is -2.36. The number of nitrogens with zero attached hydrogens (tertiary/aromatic N) is 2. The number of rotatable bonds is 3. The molecule has 3 aliphatic rings. The molecule has 2 heterocycles. The standard InChI is InChI=1S/C12H23N3O/c13-7-12-9-15(5-6-16-12)11-3-4-14(8-11)10-1-2-10/h10-12H,1-9,13H2. The van der Waals surface area contributed by atoms with E-state index < -0.39 is 0 Å². The monoisotopic (exact) mass is 225 g/mol. The van der Waals surface area contributed by atoms with Crippen LogP contribution in [-0.4, -0.2) is 67.3 Å². The fourth-order valence-electron chi connectivity index (χ4n) is 3.05. The fourth-order valence-corrected chi connectivity index (χ4v) is 3.05. The smallest absolute Gasteiger partial charge is 0.0824 e. The third-order valence-corrected chi connectivity index (χ3v) is 4.21. The Hall–Kier alpha value is -0.160. The Morgan fingerprint density at radius 2 is 1.81 bits per heavy atom. The molecular weight excluding hydrogens is 202 g/mol. The maximum absolute atomic E-state index is 5.69. The fraction of sp³-hybridized carbons (Fsp3) is 1.00. The summed E-state index contributed by atoms with van der Waals surface area (Å²) in [6, 6.07) is 1.69. The van der Waals surface area contributed by atoms with Gasteiger partial charge in [0.1, 0.15) is 0 Å². The van der Waals surface area contributed by atoms with Gasteiger partial charge in [0.15, 0.2) is 0 Å². The molecule has 16 heavy (non-hydrogen) atoms. The summed E-state index contributed by atoms with van der Waals surface area (Å²) in [7, 11) is 0. The maximum Gasteiger partial charge on any atom is 0.0824 e. The van der Waals surface area contributed by atoms with Gasteiger partial charge in [0, 0.05) is 44.8 Å². The number of likely N-dealkylation sites (tertiary alicyclic amines) is 1. The summed E-state index contributed by atoms with van der Waals surface area (Å²) in [6.07, 6.45) is 4.47. The molecular formula is C12H23N3O. The summed E-state index contributed by atoms with van der Waals surface area (Å²) in [5.74, 6) is 0. The highest BCUT2D eigenvalue weighted by Crippen LogP contribution is 2.31. The second-order valence-corrected chi connectivity index (χ2v) is 5.39. The minimum atomic E-state index is 0.267. The third-order valence-electron chi connectivity index (χ3n) is 4.21.